The smallest absolute Gasteiger partial charge is 0.115 e. The highest BCUT2D eigenvalue weighted by atomic mass is 16.3. The van der Waals surface area contributed by atoms with E-state index in [2.05, 4.69) is 40.3 Å². The lowest BCUT2D eigenvalue weighted by molar-refractivity contribution is 0.314. The number of hydrogen-bond acceptors (Lipinski definition) is 1. The van der Waals surface area contributed by atoms with E-state index in [0.717, 1.165) is 19.3 Å². The summed E-state index contributed by atoms with van der Waals surface area (Å²) in [6.45, 7) is 13.8. The molecule has 26 heavy (non-hydrogen) atoms. The number of allylic oxidation sites excluding steroid dienone is 1. The summed E-state index contributed by atoms with van der Waals surface area (Å²) in [6.07, 6.45) is 6.63. The number of fused-ring (bicyclic) bond motifs is 1. The molecule has 1 aliphatic carbocycles. The number of hydrogen-bond donors (Lipinski definition) is 1. The maximum Gasteiger partial charge on any atom is 0.115 e. The van der Waals surface area contributed by atoms with E-state index in [4.69, 9.17) is 0 Å². The third kappa shape index (κ3) is 3.87. The zero-order valence-electron chi connectivity index (χ0n) is 16.8. The molecule has 0 unspecified atom stereocenters. The predicted molar refractivity (Wildman–Crippen MR) is 112 cm³/mol. The van der Waals surface area contributed by atoms with Crippen molar-refractivity contribution in [3.63, 3.8) is 0 Å². The van der Waals surface area contributed by atoms with Crippen LogP contribution in [0.2, 0.25) is 0 Å². The molecule has 1 aliphatic rings. The van der Waals surface area contributed by atoms with Gasteiger partial charge in [0.2, 0.25) is 0 Å². The highest BCUT2D eigenvalue weighted by Crippen LogP contribution is 2.40. The van der Waals surface area contributed by atoms with Crippen molar-refractivity contribution in [2.75, 3.05) is 0 Å². The van der Waals surface area contributed by atoms with Crippen LogP contribution >= 0.6 is 0 Å². The van der Waals surface area contributed by atoms with Crippen molar-refractivity contribution in [3.05, 3.63) is 70.3 Å². The Morgan fingerprint density at radius 1 is 1.19 bits per heavy atom. The first-order valence-electron chi connectivity index (χ1n) is 9.91. The highest BCUT2D eigenvalue weighted by molar-refractivity contribution is 5.71. The Kier molecular flexibility index (Phi) is 5.27. The molecule has 0 fully saturated rings. The first kappa shape index (κ1) is 18.8. The molecule has 0 atom stereocenters. The van der Waals surface area contributed by atoms with Crippen LogP contribution in [0.15, 0.2) is 36.9 Å². The summed E-state index contributed by atoms with van der Waals surface area (Å²) in [7, 11) is 0. The standard InChI is InChI=1S/C25H32O/c1-6-20-15-21-16-25(4,5)14-13-23(21)18(3)24(20)17(2)7-8-19-9-11-22(26)12-10-19/h9-12,15,26H,2,6-8,13-14,16H2,1,3-5H3. The molecule has 138 valence electrons. The Labute approximate surface area is 158 Å². The summed E-state index contributed by atoms with van der Waals surface area (Å²) in [5.74, 6) is 0.328. The fourth-order valence-corrected chi connectivity index (χ4v) is 4.43. The van der Waals surface area contributed by atoms with E-state index >= 15 is 0 Å². The second-order valence-corrected chi connectivity index (χ2v) is 8.64. The van der Waals surface area contributed by atoms with Gasteiger partial charge in [-0.1, -0.05) is 45.5 Å². The first-order valence-corrected chi connectivity index (χ1v) is 9.91. The Morgan fingerprint density at radius 3 is 2.54 bits per heavy atom. The summed E-state index contributed by atoms with van der Waals surface area (Å²) in [6, 6.07) is 10.0. The molecule has 0 aromatic heterocycles. The maximum absolute atomic E-state index is 9.45. The van der Waals surface area contributed by atoms with E-state index in [1.54, 1.807) is 23.3 Å². The monoisotopic (exact) mass is 348 g/mol. The number of benzene rings is 2. The van der Waals surface area contributed by atoms with E-state index in [1.165, 1.54) is 47.1 Å². The summed E-state index contributed by atoms with van der Waals surface area (Å²) in [4.78, 5) is 0. The molecular weight excluding hydrogens is 316 g/mol. The molecule has 2 aromatic rings. The molecule has 0 heterocycles. The molecule has 0 saturated heterocycles. The van der Waals surface area contributed by atoms with Crippen molar-refractivity contribution < 1.29 is 5.11 Å². The van der Waals surface area contributed by atoms with Crippen molar-refractivity contribution in [1.82, 2.24) is 0 Å². The van der Waals surface area contributed by atoms with Gasteiger partial charge in [-0.05, 0) is 102 Å². The van der Waals surface area contributed by atoms with Crippen molar-refractivity contribution >= 4 is 5.57 Å². The Bertz CT molecular complexity index is 809. The van der Waals surface area contributed by atoms with E-state index in [0.29, 0.717) is 11.2 Å². The van der Waals surface area contributed by atoms with Crippen molar-refractivity contribution in [3.8, 4) is 5.75 Å². The van der Waals surface area contributed by atoms with Gasteiger partial charge in [0.05, 0.1) is 0 Å². The number of phenols is 1. The second-order valence-electron chi connectivity index (χ2n) is 8.64. The number of phenolic OH excluding ortho intramolecular Hbond substituents is 1. The Morgan fingerprint density at radius 2 is 1.88 bits per heavy atom. The number of aryl methyl sites for hydroxylation is 2. The topological polar surface area (TPSA) is 20.2 Å². The quantitative estimate of drug-likeness (QED) is 0.660. The molecule has 0 radical (unpaired) electrons. The Balaban J connectivity index is 1.86. The molecule has 0 saturated carbocycles. The third-order valence-corrected chi connectivity index (χ3v) is 5.99. The number of aromatic hydroxyl groups is 1. The lowest BCUT2D eigenvalue weighted by Gasteiger charge is -2.34. The van der Waals surface area contributed by atoms with Gasteiger partial charge >= 0.3 is 0 Å². The van der Waals surface area contributed by atoms with E-state index in [9.17, 15) is 5.11 Å². The van der Waals surface area contributed by atoms with Gasteiger partial charge in [0.1, 0.15) is 5.75 Å². The predicted octanol–water partition coefficient (Wildman–Crippen LogP) is 6.42. The van der Waals surface area contributed by atoms with E-state index in [-0.39, 0.29) is 0 Å². The number of rotatable bonds is 5. The van der Waals surface area contributed by atoms with Crippen molar-refractivity contribution in [2.45, 2.75) is 66.2 Å². The lowest BCUT2D eigenvalue weighted by Crippen LogP contribution is -2.23. The second kappa shape index (κ2) is 7.31. The van der Waals surface area contributed by atoms with Gasteiger partial charge in [0.15, 0.2) is 0 Å². The minimum absolute atomic E-state index is 0.328. The largest absolute Gasteiger partial charge is 0.508 e. The van der Waals surface area contributed by atoms with Gasteiger partial charge in [-0.3, -0.25) is 0 Å². The zero-order chi connectivity index (χ0) is 18.9. The van der Waals surface area contributed by atoms with Crippen LogP contribution in [0.5, 0.6) is 5.75 Å². The van der Waals surface area contributed by atoms with Crippen LogP contribution in [0, 0.1) is 12.3 Å². The summed E-state index contributed by atoms with van der Waals surface area (Å²) in [5.41, 5.74) is 10.4. The average molecular weight is 349 g/mol. The molecule has 0 aliphatic heterocycles. The maximum atomic E-state index is 9.45. The van der Waals surface area contributed by atoms with E-state index < -0.39 is 0 Å². The molecule has 2 aromatic carbocycles. The average Bonchev–Trinajstić information content (AvgIpc) is 2.59. The SMILES string of the molecule is C=C(CCc1ccc(O)cc1)c1c(CC)cc2c(c1C)CCC(C)(C)C2. The van der Waals surface area contributed by atoms with Gasteiger partial charge in [-0.15, -0.1) is 0 Å². The lowest BCUT2D eigenvalue weighted by atomic mass is 9.71. The Hall–Kier alpha value is -2.02. The summed E-state index contributed by atoms with van der Waals surface area (Å²) in [5, 5.41) is 9.45. The van der Waals surface area contributed by atoms with Gasteiger partial charge in [-0.25, -0.2) is 0 Å². The van der Waals surface area contributed by atoms with Gasteiger partial charge in [-0.2, -0.15) is 0 Å². The third-order valence-electron chi connectivity index (χ3n) is 5.99. The van der Waals surface area contributed by atoms with E-state index in [1.807, 2.05) is 12.1 Å². The molecule has 1 heteroatoms. The minimum Gasteiger partial charge on any atom is -0.508 e. The van der Waals surface area contributed by atoms with Crippen LogP contribution in [-0.4, -0.2) is 5.11 Å². The van der Waals surface area contributed by atoms with Gasteiger partial charge < -0.3 is 5.11 Å². The van der Waals surface area contributed by atoms with Gasteiger partial charge in [0.25, 0.3) is 0 Å². The van der Waals surface area contributed by atoms with Crippen LogP contribution in [0.25, 0.3) is 5.57 Å². The van der Waals surface area contributed by atoms with Crippen LogP contribution in [-0.2, 0) is 25.7 Å². The van der Waals surface area contributed by atoms with Crippen LogP contribution in [0.1, 0.15) is 67.0 Å². The summed E-state index contributed by atoms with van der Waals surface area (Å²) >= 11 is 0. The van der Waals surface area contributed by atoms with Crippen molar-refractivity contribution in [2.24, 2.45) is 5.41 Å². The molecule has 1 N–H and O–H groups in total. The fourth-order valence-electron chi connectivity index (χ4n) is 4.43. The molecule has 3 rings (SSSR count). The fraction of sp³-hybridized carbons (Fsp3) is 0.440. The minimum atomic E-state index is 0.328. The molecule has 0 amide bonds. The molecule has 1 nitrogen and oxygen atoms in total. The van der Waals surface area contributed by atoms with Crippen LogP contribution in [0.4, 0.5) is 0 Å². The molecule has 0 spiro atoms. The first-order chi connectivity index (χ1) is 12.3. The molecular formula is C25H32O. The van der Waals surface area contributed by atoms with Gasteiger partial charge in [0, 0.05) is 0 Å². The van der Waals surface area contributed by atoms with Crippen LogP contribution < -0.4 is 0 Å². The molecule has 0 bridgehead atoms. The normalized spacial score (nSPS) is 15.5. The van der Waals surface area contributed by atoms with Crippen molar-refractivity contribution in [1.29, 1.82) is 0 Å². The van der Waals surface area contributed by atoms with Crippen LogP contribution in [0.3, 0.4) is 0 Å². The highest BCUT2D eigenvalue weighted by Gasteiger charge is 2.28. The summed E-state index contributed by atoms with van der Waals surface area (Å²) < 4.78 is 0. The zero-order valence-corrected chi connectivity index (χ0v) is 16.8.